The fourth-order valence-corrected chi connectivity index (χ4v) is 2.51. The molecule has 0 saturated heterocycles. The summed E-state index contributed by atoms with van der Waals surface area (Å²) in [5.41, 5.74) is 0.938. The molecule has 0 bridgehead atoms. The summed E-state index contributed by atoms with van der Waals surface area (Å²) in [5, 5.41) is 4.63. The van der Waals surface area contributed by atoms with Crippen LogP contribution in [0.1, 0.15) is 26.3 Å². The Morgan fingerprint density at radius 1 is 1.24 bits per heavy atom. The lowest BCUT2D eigenvalue weighted by atomic mass is 10.1. The maximum absolute atomic E-state index is 14.1. The lowest BCUT2D eigenvalue weighted by Crippen LogP contribution is -2.35. The van der Waals surface area contributed by atoms with Gasteiger partial charge in [-0.1, -0.05) is 29.4 Å². The Bertz CT molecular complexity index is 609. The van der Waals surface area contributed by atoms with E-state index in [0.717, 1.165) is 10.6 Å². The Hall–Kier alpha value is -1.10. The first-order valence-corrected chi connectivity index (χ1v) is 7.86. The van der Waals surface area contributed by atoms with Crippen LogP contribution in [0.2, 0.25) is 5.02 Å². The summed E-state index contributed by atoms with van der Waals surface area (Å²) >= 11 is 7.08. The minimum Gasteiger partial charge on any atom is -0.308 e. The molecule has 2 rings (SSSR count). The van der Waals surface area contributed by atoms with Gasteiger partial charge in [-0.2, -0.15) is 0 Å². The zero-order chi connectivity index (χ0) is 15.5. The number of benzene rings is 1. The van der Waals surface area contributed by atoms with Crippen LogP contribution in [0.4, 0.5) is 4.39 Å². The van der Waals surface area contributed by atoms with Crippen LogP contribution < -0.4 is 5.32 Å². The Kier molecular flexibility index (Phi) is 5.25. The van der Waals surface area contributed by atoms with Crippen molar-refractivity contribution >= 4 is 23.4 Å². The Labute approximate surface area is 134 Å². The summed E-state index contributed by atoms with van der Waals surface area (Å²) in [5.74, 6) is -0.232. The highest BCUT2D eigenvalue weighted by Gasteiger charge is 2.10. The molecule has 0 aliphatic rings. The molecule has 0 fully saturated rings. The van der Waals surface area contributed by atoms with E-state index in [1.807, 2.05) is 6.07 Å². The van der Waals surface area contributed by atoms with Crippen LogP contribution in [0.15, 0.2) is 46.5 Å². The Morgan fingerprint density at radius 2 is 2.00 bits per heavy atom. The molecule has 21 heavy (non-hydrogen) atoms. The molecule has 0 radical (unpaired) electrons. The molecule has 2 aromatic rings. The maximum atomic E-state index is 14.1. The molecule has 1 N–H and O–H groups in total. The number of rotatable bonds is 4. The van der Waals surface area contributed by atoms with Gasteiger partial charge < -0.3 is 5.32 Å². The third-order valence-electron chi connectivity index (χ3n) is 2.73. The molecule has 0 aliphatic carbocycles. The second kappa shape index (κ2) is 6.77. The predicted molar refractivity (Wildman–Crippen MR) is 86.4 cm³/mol. The van der Waals surface area contributed by atoms with Crippen molar-refractivity contribution < 1.29 is 4.39 Å². The SMILES string of the molecule is CC(C)(C)NCc1ccc(Sc2ccc(Cl)cn2)c(F)c1. The standard InChI is InChI=1S/C16H18ClFN2S/c1-16(2,3)20-9-11-4-6-14(13(18)8-11)21-15-7-5-12(17)10-19-15/h4-8,10,20H,9H2,1-3H3. The number of hydrogen-bond donors (Lipinski definition) is 1. The van der Waals surface area contributed by atoms with E-state index in [0.29, 0.717) is 16.5 Å². The smallest absolute Gasteiger partial charge is 0.137 e. The third-order valence-corrected chi connectivity index (χ3v) is 3.96. The summed E-state index contributed by atoms with van der Waals surface area (Å²) in [7, 11) is 0. The van der Waals surface area contributed by atoms with Crippen molar-refractivity contribution in [1.82, 2.24) is 10.3 Å². The average molecular weight is 325 g/mol. The molecule has 5 heteroatoms. The molecule has 1 aromatic heterocycles. The highest BCUT2D eigenvalue weighted by Crippen LogP contribution is 2.29. The Balaban J connectivity index is 2.07. The normalized spacial score (nSPS) is 11.7. The maximum Gasteiger partial charge on any atom is 0.137 e. The van der Waals surface area contributed by atoms with Gasteiger partial charge >= 0.3 is 0 Å². The van der Waals surface area contributed by atoms with Gasteiger partial charge in [0.2, 0.25) is 0 Å². The highest BCUT2D eigenvalue weighted by atomic mass is 35.5. The lowest BCUT2D eigenvalue weighted by molar-refractivity contribution is 0.423. The minimum atomic E-state index is -0.232. The van der Waals surface area contributed by atoms with Crippen LogP contribution >= 0.6 is 23.4 Å². The molecule has 0 aliphatic heterocycles. The van der Waals surface area contributed by atoms with Gasteiger partial charge in [-0.15, -0.1) is 0 Å². The van der Waals surface area contributed by atoms with Crippen LogP contribution in [0.5, 0.6) is 0 Å². The number of hydrogen-bond acceptors (Lipinski definition) is 3. The largest absolute Gasteiger partial charge is 0.308 e. The summed E-state index contributed by atoms with van der Waals surface area (Å²) in [4.78, 5) is 4.72. The summed E-state index contributed by atoms with van der Waals surface area (Å²) in [6, 6.07) is 8.81. The molecular formula is C16H18ClFN2S. The molecule has 0 atom stereocenters. The third kappa shape index (κ3) is 5.30. The fraction of sp³-hybridized carbons (Fsp3) is 0.312. The van der Waals surface area contributed by atoms with E-state index in [1.165, 1.54) is 11.8 Å². The summed E-state index contributed by atoms with van der Waals surface area (Å²) < 4.78 is 14.1. The van der Waals surface area contributed by atoms with Crippen molar-refractivity contribution in [1.29, 1.82) is 0 Å². The van der Waals surface area contributed by atoms with Crippen molar-refractivity contribution in [3.05, 3.63) is 52.9 Å². The number of nitrogens with one attached hydrogen (secondary N) is 1. The van der Waals surface area contributed by atoms with Crippen molar-refractivity contribution in [3.63, 3.8) is 0 Å². The molecule has 2 nitrogen and oxygen atoms in total. The van der Waals surface area contributed by atoms with Crippen LogP contribution in [0, 0.1) is 5.82 Å². The molecule has 0 unspecified atom stereocenters. The number of pyridine rings is 1. The molecule has 0 spiro atoms. The van der Waals surface area contributed by atoms with Gasteiger partial charge in [-0.05, 0) is 50.6 Å². The zero-order valence-corrected chi connectivity index (χ0v) is 13.9. The van der Waals surface area contributed by atoms with Gasteiger partial charge in [0.05, 0.1) is 5.02 Å². The van der Waals surface area contributed by atoms with Crippen LogP contribution in [-0.4, -0.2) is 10.5 Å². The van der Waals surface area contributed by atoms with E-state index in [1.54, 1.807) is 30.5 Å². The molecular weight excluding hydrogens is 307 g/mol. The first-order chi connectivity index (χ1) is 9.83. The Morgan fingerprint density at radius 3 is 2.57 bits per heavy atom. The zero-order valence-electron chi connectivity index (χ0n) is 12.3. The number of nitrogens with zero attached hydrogens (tertiary/aromatic N) is 1. The molecule has 112 valence electrons. The topological polar surface area (TPSA) is 24.9 Å². The first kappa shape index (κ1) is 16.3. The van der Waals surface area contributed by atoms with Crippen LogP contribution in [-0.2, 0) is 6.54 Å². The van der Waals surface area contributed by atoms with Crippen molar-refractivity contribution in [2.24, 2.45) is 0 Å². The van der Waals surface area contributed by atoms with E-state index in [9.17, 15) is 4.39 Å². The summed E-state index contributed by atoms with van der Waals surface area (Å²) in [6.45, 7) is 6.89. The average Bonchev–Trinajstić information content (AvgIpc) is 2.41. The molecule has 0 saturated carbocycles. The predicted octanol–water partition coefficient (Wildman–Crippen LogP) is 4.91. The van der Waals surface area contributed by atoms with Gasteiger partial charge in [0.1, 0.15) is 10.8 Å². The second-order valence-corrected chi connectivity index (χ2v) is 7.28. The number of aromatic nitrogens is 1. The van der Waals surface area contributed by atoms with E-state index in [2.05, 4.69) is 31.1 Å². The van der Waals surface area contributed by atoms with Gasteiger partial charge in [-0.3, -0.25) is 0 Å². The first-order valence-electron chi connectivity index (χ1n) is 6.66. The van der Waals surface area contributed by atoms with Crippen molar-refractivity contribution in [2.75, 3.05) is 0 Å². The second-order valence-electron chi connectivity index (χ2n) is 5.79. The quantitative estimate of drug-likeness (QED) is 0.864. The molecule has 0 amide bonds. The number of halogens is 2. The minimum absolute atomic E-state index is 0.0110. The van der Waals surface area contributed by atoms with Gasteiger partial charge in [0.25, 0.3) is 0 Å². The fourth-order valence-electron chi connectivity index (χ4n) is 1.64. The van der Waals surface area contributed by atoms with Crippen molar-refractivity contribution in [3.8, 4) is 0 Å². The highest BCUT2D eigenvalue weighted by molar-refractivity contribution is 7.99. The summed E-state index contributed by atoms with van der Waals surface area (Å²) in [6.07, 6.45) is 1.56. The monoisotopic (exact) mass is 324 g/mol. The molecule has 1 heterocycles. The van der Waals surface area contributed by atoms with Gasteiger partial charge in [0.15, 0.2) is 0 Å². The van der Waals surface area contributed by atoms with Gasteiger partial charge in [0, 0.05) is 23.2 Å². The van der Waals surface area contributed by atoms with E-state index in [4.69, 9.17) is 11.6 Å². The van der Waals surface area contributed by atoms with Crippen molar-refractivity contribution in [2.45, 2.75) is 42.8 Å². The lowest BCUT2D eigenvalue weighted by Gasteiger charge is -2.20. The van der Waals surface area contributed by atoms with E-state index < -0.39 is 0 Å². The van der Waals surface area contributed by atoms with Crippen LogP contribution in [0.3, 0.4) is 0 Å². The van der Waals surface area contributed by atoms with Crippen LogP contribution in [0.25, 0.3) is 0 Å². The van der Waals surface area contributed by atoms with E-state index in [-0.39, 0.29) is 11.4 Å². The van der Waals surface area contributed by atoms with Gasteiger partial charge in [-0.25, -0.2) is 9.37 Å². The van der Waals surface area contributed by atoms with E-state index >= 15 is 0 Å². The molecule has 1 aromatic carbocycles.